The molecule has 0 saturated heterocycles. The lowest BCUT2D eigenvalue weighted by atomic mass is 10.3. The molecule has 2 aromatic rings. The van der Waals surface area contributed by atoms with Crippen LogP contribution in [0, 0.1) is 0 Å². The highest BCUT2D eigenvalue weighted by atomic mass is 32.1. The van der Waals surface area contributed by atoms with Crippen LogP contribution in [0.3, 0.4) is 0 Å². The van der Waals surface area contributed by atoms with Gasteiger partial charge in [-0.3, -0.25) is 0 Å². The number of nitrogens with one attached hydrogen (secondary N) is 1. The number of hydrogen-bond donors (Lipinski definition) is 1. The van der Waals surface area contributed by atoms with Gasteiger partial charge in [0, 0.05) is 23.7 Å². The van der Waals surface area contributed by atoms with Crippen LogP contribution in [0.15, 0.2) is 29.1 Å². The summed E-state index contributed by atoms with van der Waals surface area (Å²) in [5.41, 5.74) is 1.08. The van der Waals surface area contributed by atoms with Gasteiger partial charge in [0.2, 0.25) is 0 Å². The highest BCUT2D eigenvalue weighted by molar-refractivity contribution is 7.08. The second-order valence-corrected chi connectivity index (χ2v) is 3.98. The topological polar surface area (TPSA) is 37.8 Å². The van der Waals surface area contributed by atoms with Crippen molar-refractivity contribution in [1.82, 2.24) is 9.97 Å². The molecule has 1 N–H and O–H groups in total. The quantitative estimate of drug-likeness (QED) is 0.859. The first-order valence-electron chi connectivity index (χ1n) is 4.99. The molecule has 0 unspecified atom stereocenters. The molecule has 0 atom stereocenters. The first-order chi connectivity index (χ1) is 7.40. The molecule has 0 radical (unpaired) electrons. The van der Waals surface area contributed by atoms with Gasteiger partial charge in [0.15, 0.2) is 5.82 Å². The maximum Gasteiger partial charge on any atom is 0.162 e. The van der Waals surface area contributed by atoms with Gasteiger partial charge in [-0.15, -0.1) is 0 Å². The Labute approximate surface area is 93.2 Å². The number of aromatic nitrogens is 2. The molecule has 0 bridgehead atoms. The second kappa shape index (κ2) is 4.89. The minimum absolute atomic E-state index is 0.789. The standard InChI is InChI=1S/C11H13N3S/c1-2-5-12-10-3-6-13-11(14-10)9-4-7-15-8-9/h3-4,6-8H,2,5H2,1H3,(H,12,13,14). The van der Waals surface area contributed by atoms with Gasteiger partial charge in [0.25, 0.3) is 0 Å². The average Bonchev–Trinajstić information content (AvgIpc) is 2.80. The summed E-state index contributed by atoms with van der Waals surface area (Å²) in [6, 6.07) is 3.93. The van der Waals surface area contributed by atoms with E-state index in [-0.39, 0.29) is 0 Å². The van der Waals surface area contributed by atoms with Crippen molar-refractivity contribution in [3.05, 3.63) is 29.1 Å². The number of thiophene rings is 1. The number of anilines is 1. The highest BCUT2D eigenvalue weighted by Crippen LogP contribution is 2.18. The fourth-order valence-electron chi connectivity index (χ4n) is 1.24. The van der Waals surface area contributed by atoms with E-state index in [0.717, 1.165) is 30.2 Å². The van der Waals surface area contributed by atoms with Crippen LogP contribution in [-0.2, 0) is 0 Å². The molecule has 0 aliphatic carbocycles. The van der Waals surface area contributed by atoms with Crippen molar-refractivity contribution in [2.75, 3.05) is 11.9 Å². The molecule has 4 heteroatoms. The summed E-state index contributed by atoms with van der Waals surface area (Å²) in [4.78, 5) is 8.68. The lowest BCUT2D eigenvalue weighted by Crippen LogP contribution is -2.02. The van der Waals surface area contributed by atoms with Gasteiger partial charge in [0.05, 0.1) is 0 Å². The van der Waals surface area contributed by atoms with Gasteiger partial charge in [-0.25, -0.2) is 9.97 Å². The van der Waals surface area contributed by atoms with E-state index in [1.165, 1.54) is 0 Å². The highest BCUT2D eigenvalue weighted by Gasteiger charge is 2.01. The normalized spacial score (nSPS) is 10.2. The third-order valence-electron chi connectivity index (χ3n) is 1.99. The maximum atomic E-state index is 4.44. The Hall–Kier alpha value is -1.42. The maximum absolute atomic E-state index is 4.44. The summed E-state index contributed by atoms with van der Waals surface area (Å²) < 4.78 is 0. The fourth-order valence-corrected chi connectivity index (χ4v) is 1.88. The van der Waals surface area contributed by atoms with Crippen molar-refractivity contribution in [2.24, 2.45) is 0 Å². The molecule has 2 aromatic heterocycles. The Kier molecular flexibility index (Phi) is 3.29. The molecular weight excluding hydrogens is 206 g/mol. The summed E-state index contributed by atoms with van der Waals surface area (Å²) in [5, 5.41) is 7.34. The van der Waals surface area contributed by atoms with E-state index in [1.807, 2.05) is 17.5 Å². The van der Waals surface area contributed by atoms with E-state index in [0.29, 0.717) is 0 Å². The lowest BCUT2D eigenvalue weighted by Gasteiger charge is -2.04. The van der Waals surface area contributed by atoms with Gasteiger partial charge in [-0.05, 0) is 23.9 Å². The number of nitrogens with zero attached hydrogens (tertiary/aromatic N) is 2. The van der Waals surface area contributed by atoms with E-state index < -0.39 is 0 Å². The van der Waals surface area contributed by atoms with Gasteiger partial charge in [-0.1, -0.05) is 6.92 Å². The minimum Gasteiger partial charge on any atom is -0.370 e. The first-order valence-corrected chi connectivity index (χ1v) is 5.94. The molecule has 3 nitrogen and oxygen atoms in total. The molecule has 0 aromatic carbocycles. The van der Waals surface area contributed by atoms with Crippen LogP contribution >= 0.6 is 11.3 Å². The Morgan fingerprint density at radius 2 is 2.33 bits per heavy atom. The molecule has 0 amide bonds. The summed E-state index contributed by atoms with van der Waals surface area (Å²) >= 11 is 1.66. The van der Waals surface area contributed by atoms with Crippen molar-refractivity contribution in [3.63, 3.8) is 0 Å². The average molecular weight is 219 g/mol. The van der Waals surface area contributed by atoms with E-state index in [1.54, 1.807) is 17.5 Å². The minimum atomic E-state index is 0.789. The third-order valence-corrected chi connectivity index (χ3v) is 2.67. The van der Waals surface area contributed by atoms with Gasteiger partial charge < -0.3 is 5.32 Å². The molecule has 15 heavy (non-hydrogen) atoms. The molecule has 0 aliphatic rings. The summed E-state index contributed by atoms with van der Waals surface area (Å²) in [6.45, 7) is 3.08. The van der Waals surface area contributed by atoms with Crippen LogP contribution in [0.5, 0.6) is 0 Å². The second-order valence-electron chi connectivity index (χ2n) is 3.20. The Balaban J connectivity index is 2.19. The molecule has 0 aliphatic heterocycles. The van der Waals surface area contributed by atoms with Crippen molar-refractivity contribution in [2.45, 2.75) is 13.3 Å². The molecule has 2 heterocycles. The van der Waals surface area contributed by atoms with Crippen LogP contribution in [-0.4, -0.2) is 16.5 Å². The SMILES string of the molecule is CCCNc1ccnc(-c2ccsc2)n1. The Bertz CT molecular complexity index is 412. The van der Waals surface area contributed by atoms with E-state index >= 15 is 0 Å². The zero-order chi connectivity index (χ0) is 10.5. The van der Waals surface area contributed by atoms with Crippen LogP contribution in [0.25, 0.3) is 11.4 Å². The van der Waals surface area contributed by atoms with Gasteiger partial charge in [-0.2, -0.15) is 11.3 Å². The molecule has 78 valence electrons. The predicted octanol–water partition coefficient (Wildman–Crippen LogP) is 3.03. The predicted molar refractivity (Wildman–Crippen MR) is 64.1 cm³/mol. The summed E-state index contributed by atoms with van der Waals surface area (Å²) in [5.74, 6) is 1.69. The van der Waals surface area contributed by atoms with E-state index in [9.17, 15) is 0 Å². The van der Waals surface area contributed by atoms with E-state index in [4.69, 9.17) is 0 Å². The zero-order valence-corrected chi connectivity index (χ0v) is 9.42. The molecule has 0 saturated carbocycles. The van der Waals surface area contributed by atoms with Crippen molar-refractivity contribution >= 4 is 17.2 Å². The molecule has 0 spiro atoms. The van der Waals surface area contributed by atoms with Crippen molar-refractivity contribution in [3.8, 4) is 11.4 Å². The smallest absolute Gasteiger partial charge is 0.162 e. The van der Waals surface area contributed by atoms with Gasteiger partial charge in [0.1, 0.15) is 5.82 Å². The van der Waals surface area contributed by atoms with Gasteiger partial charge >= 0.3 is 0 Å². The zero-order valence-electron chi connectivity index (χ0n) is 8.60. The van der Waals surface area contributed by atoms with Crippen LogP contribution < -0.4 is 5.32 Å². The fraction of sp³-hybridized carbons (Fsp3) is 0.273. The van der Waals surface area contributed by atoms with E-state index in [2.05, 4.69) is 27.6 Å². The lowest BCUT2D eigenvalue weighted by molar-refractivity contribution is 0.966. The van der Waals surface area contributed by atoms with Crippen molar-refractivity contribution < 1.29 is 0 Å². The van der Waals surface area contributed by atoms with Crippen LogP contribution in [0.1, 0.15) is 13.3 Å². The Morgan fingerprint density at radius 3 is 3.07 bits per heavy atom. The summed E-state index contributed by atoms with van der Waals surface area (Å²) in [6.07, 6.45) is 2.88. The largest absolute Gasteiger partial charge is 0.370 e. The molecule has 0 fully saturated rings. The first kappa shape index (κ1) is 10.1. The van der Waals surface area contributed by atoms with Crippen molar-refractivity contribution in [1.29, 1.82) is 0 Å². The molecule has 2 rings (SSSR count). The monoisotopic (exact) mass is 219 g/mol. The van der Waals surface area contributed by atoms with Crippen LogP contribution in [0.2, 0.25) is 0 Å². The number of hydrogen-bond acceptors (Lipinski definition) is 4. The molecular formula is C11H13N3S. The summed E-state index contributed by atoms with van der Waals surface area (Å²) in [7, 11) is 0. The number of rotatable bonds is 4. The van der Waals surface area contributed by atoms with Crippen LogP contribution in [0.4, 0.5) is 5.82 Å². The Morgan fingerprint density at radius 1 is 1.40 bits per heavy atom. The third kappa shape index (κ3) is 2.53.